The number of ketones is 1. The van der Waals surface area contributed by atoms with Gasteiger partial charge in [-0.2, -0.15) is 0 Å². The number of carbonyl (C=O) groups is 2. The molecule has 0 unspecified atom stereocenters. The Balaban J connectivity index is 0.000000423. The van der Waals surface area contributed by atoms with Gasteiger partial charge in [0.2, 0.25) is 0 Å². The molecule has 0 atom stereocenters. The number of aldehydes is 1. The van der Waals surface area contributed by atoms with Gasteiger partial charge in [0.1, 0.15) is 6.29 Å². The molecule has 3 nitrogen and oxygen atoms in total. The molecule has 0 N–H and O–H groups in total. The number of methoxy groups -OCH3 is 1. The first kappa shape index (κ1) is 13.5. The number of ether oxygens (including phenoxy) is 1. The van der Waals surface area contributed by atoms with Gasteiger partial charge in [0.05, 0.1) is 6.42 Å². The lowest BCUT2D eigenvalue weighted by Gasteiger charge is -1.93. The Morgan fingerprint density at radius 1 is 1.33 bits per heavy atom. The van der Waals surface area contributed by atoms with Crippen molar-refractivity contribution in [3.63, 3.8) is 0 Å². The second-order valence-corrected chi connectivity index (χ2v) is 2.74. The summed E-state index contributed by atoms with van der Waals surface area (Å²) in [5.41, 5.74) is 0.597. The van der Waals surface area contributed by atoms with E-state index in [9.17, 15) is 9.59 Å². The van der Waals surface area contributed by atoms with Gasteiger partial charge in [0.15, 0.2) is 5.78 Å². The van der Waals surface area contributed by atoms with Gasteiger partial charge in [-0.25, -0.2) is 0 Å². The van der Waals surface area contributed by atoms with Crippen molar-refractivity contribution in [2.75, 3.05) is 13.7 Å². The normalized spacial score (nSPS) is 8.67. The predicted molar refractivity (Wildman–Crippen MR) is 59.0 cm³/mol. The van der Waals surface area contributed by atoms with E-state index in [2.05, 4.69) is 4.74 Å². The third kappa shape index (κ3) is 6.57. The van der Waals surface area contributed by atoms with E-state index in [1.54, 1.807) is 31.4 Å². The fraction of sp³-hybridized carbons (Fsp3) is 0.333. The molecule has 0 saturated heterocycles. The molecule has 0 radical (unpaired) electrons. The molecule has 1 rings (SSSR count). The molecule has 0 spiro atoms. The highest BCUT2D eigenvalue weighted by molar-refractivity contribution is 6.02. The third-order valence-electron chi connectivity index (χ3n) is 1.65. The van der Waals surface area contributed by atoms with Crippen molar-refractivity contribution in [2.24, 2.45) is 0 Å². The van der Waals surface area contributed by atoms with Crippen LogP contribution in [0.25, 0.3) is 0 Å². The zero-order valence-electron chi connectivity index (χ0n) is 9.10. The standard InChI is InChI=1S/C9H8O2.C3H8O/c10-7-6-9(11)8-4-2-1-3-5-8;1-3-4-2/h1-5,7H,6H2;3H2,1-2H3. The van der Waals surface area contributed by atoms with Gasteiger partial charge in [-0.15, -0.1) is 0 Å². The summed E-state index contributed by atoms with van der Waals surface area (Å²) in [5.74, 6) is -0.124. The number of hydrogen-bond donors (Lipinski definition) is 0. The Labute approximate surface area is 90.1 Å². The molecule has 0 fully saturated rings. The van der Waals surface area contributed by atoms with Gasteiger partial charge in [0.25, 0.3) is 0 Å². The zero-order valence-corrected chi connectivity index (χ0v) is 9.10. The predicted octanol–water partition coefficient (Wildman–Crippen LogP) is 2.11. The minimum absolute atomic E-state index is 0.0238. The Morgan fingerprint density at radius 2 is 1.87 bits per heavy atom. The first-order valence-electron chi connectivity index (χ1n) is 4.77. The minimum Gasteiger partial charge on any atom is -0.385 e. The average Bonchev–Trinajstić information content (AvgIpc) is 2.31. The lowest BCUT2D eigenvalue weighted by atomic mass is 10.1. The number of benzene rings is 1. The second kappa shape index (κ2) is 9.09. The fourth-order valence-electron chi connectivity index (χ4n) is 0.818. The topological polar surface area (TPSA) is 43.4 Å². The summed E-state index contributed by atoms with van der Waals surface area (Å²) in [5, 5.41) is 0. The number of Topliss-reactive ketones (excluding diaryl/α,β-unsaturated/α-hetero) is 1. The summed E-state index contributed by atoms with van der Waals surface area (Å²) >= 11 is 0. The highest BCUT2D eigenvalue weighted by Crippen LogP contribution is 2.00. The molecular formula is C12H16O3. The van der Waals surface area contributed by atoms with E-state index in [4.69, 9.17) is 0 Å². The van der Waals surface area contributed by atoms with Crippen LogP contribution in [0.2, 0.25) is 0 Å². The van der Waals surface area contributed by atoms with Gasteiger partial charge in [-0.3, -0.25) is 4.79 Å². The molecule has 0 amide bonds. The largest absolute Gasteiger partial charge is 0.385 e. The van der Waals surface area contributed by atoms with Gasteiger partial charge in [-0.1, -0.05) is 30.3 Å². The molecule has 0 aromatic heterocycles. The molecular weight excluding hydrogens is 192 g/mol. The summed E-state index contributed by atoms with van der Waals surface area (Å²) < 4.78 is 4.54. The quantitative estimate of drug-likeness (QED) is 0.432. The van der Waals surface area contributed by atoms with Crippen LogP contribution in [0.3, 0.4) is 0 Å². The number of carbonyl (C=O) groups excluding carboxylic acids is 2. The van der Waals surface area contributed by atoms with Crippen molar-refractivity contribution >= 4 is 12.1 Å². The van der Waals surface area contributed by atoms with Crippen molar-refractivity contribution < 1.29 is 14.3 Å². The van der Waals surface area contributed by atoms with E-state index in [1.807, 2.05) is 13.0 Å². The SMILES string of the molecule is CCOC.O=CCC(=O)c1ccccc1. The van der Waals surface area contributed by atoms with Crippen LogP contribution >= 0.6 is 0 Å². The van der Waals surface area contributed by atoms with Gasteiger partial charge < -0.3 is 9.53 Å². The van der Waals surface area contributed by atoms with Crippen LogP contribution in [-0.2, 0) is 9.53 Å². The van der Waals surface area contributed by atoms with Crippen LogP contribution in [0.15, 0.2) is 30.3 Å². The molecule has 0 aliphatic carbocycles. The molecule has 0 aliphatic heterocycles. The third-order valence-corrected chi connectivity index (χ3v) is 1.65. The maximum absolute atomic E-state index is 11.0. The van der Waals surface area contributed by atoms with E-state index >= 15 is 0 Å². The Kier molecular flexibility index (Phi) is 8.19. The highest BCUT2D eigenvalue weighted by atomic mass is 16.5. The van der Waals surface area contributed by atoms with Crippen LogP contribution in [0.5, 0.6) is 0 Å². The Hall–Kier alpha value is -1.48. The summed E-state index contributed by atoms with van der Waals surface area (Å²) in [7, 11) is 1.68. The smallest absolute Gasteiger partial charge is 0.169 e. The average molecular weight is 208 g/mol. The molecule has 0 bridgehead atoms. The first-order chi connectivity index (χ1) is 7.26. The lowest BCUT2D eigenvalue weighted by Crippen LogP contribution is -1.98. The van der Waals surface area contributed by atoms with Gasteiger partial charge in [0, 0.05) is 19.3 Å². The van der Waals surface area contributed by atoms with Crippen molar-refractivity contribution in [3.8, 4) is 0 Å². The number of rotatable bonds is 4. The van der Waals surface area contributed by atoms with Crippen LogP contribution in [0, 0.1) is 0 Å². The van der Waals surface area contributed by atoms with E-state index in [0.717, 1.165) is 6.61 Å². The molecule has 0 heterocycles. The molecule has 0 aliphatic rings. The van der Waals surface area contributed by atoms with Crippen LogP contribution in [0.4, 0.5) is 0 Å². The van der Waals surface area contributed by atoms with Crippen molar-refractivity contribution in [1.82, 2.24) is 0 Å². The molecule has 1 aromatic rings. The summed E-state index contributed by atoms with van der Waals surface area (Å²) in [6.45, 7) is 2.78. The minimum atomic E-state index is -0.124. The maximum Gasteiger partial charge on any atom is 0.169 e. The van der Waals surface area contributed by atoms with E-state index < -0.39 is 0 Å². The van der Waals surface area contributed by atoms with Gasteiger partial charge in [-0.05, 0) is 6.92 Å². The zero-order chi connectivity index (χ0) is 11.5. The molecule has 15 heavy (non-hydrogen) atoms. The van der Waals surface area contributed by atoms with Crippen molar-refractivity contribution in [3.05, 3.63) is 35.9 Å². The fourth-order valence-corrected chi connectivity index (χ4v) is 0.818. The summed E-state index contributed by atoms with van der Waals surface area (Å²) in [6.07, 6.45) is 0.597. The lowest BCUT2D eigenvalue weighted by molar-refractivity contribution is -0.107. The summed E-state index contributed by atoms with van der Waals surface area (Å²) in [6, 6.07) is 8.78. The molecule has 3 heteroatoms. The van der Waals surface area contributed by atoms with Crippen LogP contribution in [-0.4, -0.2) is 25.8 Å². The van der Waals surface area contributed by atoms with Crippen LogP contribution in [0.1, 0.15) is 23.7 Å². The Morgan fingerprint density at radius 3 is 2.27 bits per heavy atom. The van der Waals surface area contributed by atoms with Crippen molar-refractivity contribution in [2.45, 2.75) is 13.3 Å². The van der Waals surface area contributed by atoms with Crippen molar-refractivity contribution in [1.29, 1.82) is 0 Å². The van der Waals surface area contributed by atoms with Gasteiger partial charge >= 0.3 is 0 Å². The molecule has 82 valence electrons. The Bertz CT molecular complexity index is 278. The molecule has 0 saturated carbocycles. The summed E-state index contributed by atoms with van der Waals surface area (Å²) in [4.78, 5) is 21.0. The highest BCUT2D eigenvalue weighted by Gasteiger charge is 2.01. The number of hydrogen-bond acceptors (Lipinski definition) is 3. The first-order valence-corrected chi connectivity index (χ1v) is 4.77. The molecule has 1 aromatic carbocycles. The maximum atomic E-state index is 11.0. The monoisotopic (exact) mass is 208 g/mol. The van der Waals surface area contributed by atoms with Crippen LogP contribution < -0.4 is 0 Å². The second-order valence-electron chi connectivity index (χ2n) is 2.74. The van der Waals surface area contributed by atoms with E-state index in [1.165, 1.54) is 0 Å². The van der Waals surface area contributed by atoms with E-state index in [0.29, 0.717) is 11.8 Å². The van der Waals surface area contributed by atoms with E-state index in [-0.39, 0.29) is 12.2 Å².